The number of rotatable bonds is 3. The summed E-state index contributed by atoms with van der Waals surface area (Å²) in [4.78, 5) is 2.89. The molecule has 0 radical (unpaired) electrons. The first-order chi connectivity index (χ1) is 3.41. The first kappa shape index (κ1) is 6.45. The first-order valence-electron chi connectivity index (χ1n) is 2.66. The summed E-state index contributed by atoms with van der Waals surface area (Å²) in [6.45, 7) is 6.57. The van der Waals surface area contributed by atoms with Gasteiger partial charge in [-0.1, -0.05) is 13.3 Å². The minimum atomic E-state index is 1.01. The average molecular weight is 98.2 g/mol. The van der Waals surface area contributed by atoms with Crippen LogP contribution in [0, 0.1) is 0 Å². The lowest BCUT2D eigenvalue weighted by Crippen LogP contribution is -2.66. The van der Waals surface area contributed by atoms with E-state index in [0.29, 0.717) is 0 Å². The molecule has 0 amide bonds. The van der Waals surface area contributed by atoms with Crippen molar-refractivity contribution in [3.8, 4) is 0 Å². The number of nitrogens with one attached hydrogen (secondary N) is 1. The van der Waals surface area contributed by atoms with Crippen LogP contribution in [0.4, 0.5) is 0 Å². The largest absolute Gasteiger partial charge is 0.202 e. The summed E-state index contributed by atoms with van der Waals surface area (Å²) >= 11 is 0. The van der Waals surface area contributed by atoms with Crippen LogP contribution in [0.15, 0.2) is 6.58 Å². The van der Waals surface area contributed by atoms with Gasteiger partial charge < -0.3 is 0 Å². The molecular weight excluding hydrogens is 86.1 g/mol. The topological polar surface area (TPSA) is 14.0 Å². The van der Waals surface area contributed by atoms with E-state index in [4.69, 9.17) is 0 Å². The number of hydrogen-bond acceptors (Lipinski definition) is 0. The van der Waals surface area contributed by atoms with Crippen molar-refractivity contribution in [2.24, 2.45) is 0 Å². The van der Waals surface area contributed by atoms with Gasteiger partial charge in [0.2, 0.25) is 0 Å². The SMILES string of the molecule is C=C=[NH+]CCCC. The highest BCUT2D eigenvalue weighted by Gasteiger charge is 1.78. The molecule has 0 aromatic rings. The van der Waals surface area contributed by atoms with Gasteiger partial charge in [0, 0.05) is 13.0 Å². The van der Waals surface area contributed by atoms with Gasteiger partial charge >= 0.3 is 0 Å². The Labute approximate surface area is 44.8 Å². The summed E-state index contributed by atoms with van der Waals surface area (Å²) in [5.41, 5.74) is 0. The van der Waals surface area contributed by atoms with E-state index >= 15 is 0 Å². The van der Waals surface area contributed by atoms with E-state index in [1.807, 2.05) is 0 Å². The third-order valence-corrected chi connectivity index (χ3v) is 0.780. The van der Waals surface area contributed by atoms with Crippen molar-refractivity contribution in [2.45, 2.75) is 19.8 Å². The lowest BCUT2D eigenvalue weighted by atomic mass is 10.3. The monoisotopic (exact) mass is 98.1 g/mol. The highest BCUT2D eigenvalue weighted by Crippen LogP contribution is 1.76. The van der Waals surface area contributed by atoms with E-state index in [0.717, 1.165) is 6.54 Å². The van der Waals surface area contributed by atoms with Gasteiger partial charge in [-0.15, -0.1) is 0 Å². The van der Waals surface area contributed by atoms with Gasteiger partial charge in [0.25, 0.3) is 0 Å². The summed E-state index contributed by atoms with van der Waals surface area (Å²) in [5.74, 6) is 2.60. The van der Waals surface area contributed by atoms with Crippen molar-refractivity contribution >= 4 is 5.87 Å². The maximum atomic E-state index is 3.40. The van der Waals surface area contributed by atoms with Crippen LogP contribution in [-0.2, 0) is 0 Å². The maximum absolute atomic E-state index is 3.40. The highest BCUT2D eigenvalue weighted by molar-refractivity contribution is 5.38. The fourth-order valence-corrected chi connectivity index (χ4v) is 0.354. The highest BCUT2D eigenvalue weighted by atomic mass is 14.7. The average Bonchev–Trinajstić information content (AvgIpc) is 1.69. The van der Waals surface area contributed by atoms with Gasteiger partial charge in [-0.2, -0.15) is 0 Å². The van der Waals surface area contributed by atoms with E-state index < -0.39 is 0 Å². The third kappa shape index (κ3) is 5.45. The first-order valence-corrected chi connectivity index (χ1v) is 2.66. The van der Waals surface area contributed by atoms with E-state index in [2.05, 4.69) is 24.4 Å². The van der Waals surface area contributed by atoms with Crippen molar-refractivity contribution in [3.05, 3.63) is 6.58 Å². The van der Waals surface area contributed by atoms with E-state index in [-0.39, 0.29) is 0 Å². The van der Waals surface area contributed by atoms with Crippen LogP contribution in [0.5, 0.6) is 0 Å². The Morgan fingerprint density at radius 3 is 2.86 bits per heavy atom. The standard InChI is InChI=1S/C6H11N/c1-3-5-6-7-4-2/h2-3,5-6H2,1H3/p+1. The van der Waals surface area contributed by atoms with E-state index in [1.165, 1.54) is 12.8 Å². The third-order valence-electron chi connectivity index (χ3n) is 0.780. The second-order valence-electron chi connectivity index (χ2n) is 1.46. The van der Waals surface area contributed by atoms with Crippen LogP contribution in [0.2, 0.25) is 0 Å². The molecule has 0 saturated carbocycles. The maximum Gasteiger partial charge on any atom is 0.157 e. The molecule has 0 spiro atoms. The zero-order valence-corrected chi connectivity index (χ0v) is 4.83. The minimum Gasteiger partial charge on any atom is -0.202 e. The molecule has 40 valence electrons. The van der Waals surface area contributed by atoms with Gasteiger partial charge in [0.1, 0.15) is 6.54 Å². The predicted octanol–water partition coefficient (Wildman–Crippen LogP) is -0.277. The van der Waals surface area contributed by atoms with Crippen molar-refractivity contribution in [2.75, 3.05) is 6.54 Å². The summed E-state index contributed by atoms with van der Waals surface area (Å²) in [7, 11) is 0. The molecule has 0 heterocycles. The normalized spacial score (nSPS) is 7.57. The number of hydrogen-bond donors (Lipinski definition) is 1. The van der Waals surface area contributed by atoms with E-state index in [1.54, 1.807) is 0 Å². The summed E-state index contributed by atoms with van der Waals surface area (Å²) in [5, 5.41) is 0. The zero-order valence-electron chi connectivity index (χ0n) is 4.83. The van der Waals surface area contributed by atoms with Gasteiger partial charge in [0.05, 0.1) is 0 Å². The zero-order chi connectivity index (χ0) is 5.54. The van der Waals surface area contributed by atoms with Gasteiger partial charge in [0.15, 0.2) is 5.87 Å². The molecule has 0 unspecified atom stereocenters. The second-order valence-corrected chi connectivity index (χ2v) is 1.46. The van der Waals surface area contributed by atoms with Crippen LogP contribution >= 0.6 is 0 Å². The molecule has 1 nitrogen and oxygen atoms in total. The molecule has 0 aliphatic carbocycles. The fourth-order valence-electron chi connectivity index (χ4n) is 0.354. The molecule has 0 aromatic carbocycles. The van der Waals surface area contributed by atoms with Crippen LogP contribution < -0.4 is 4.99 Å². The molecule has 1 N–H and O–H groups in total. The van der Waals surface area contributed by atoms with Gasteiger partial charge in [-0.05, 0) is 0 Å². The molecule has 0 aliphatic heterocycles. The fraction of sp³-hybridized carbons (Fsp3) is 0.667. The molecule has 0 aromatic heterocycles. The quantitative estimate of drug-likeness (QED) is 0.369. The molecule has 0 fully saturated rings. The molecule has 7 heavy (non-hydrogen) atoms. The minimum absolute atomic E-state index is 1.01. The predicted molar refractivity (Wildman–Crippen MR) is 31.4 cm³/mol. The Hall–Kier alpha value is -0.550. The van der Waals surface area contributed by atoms with Crippen LogP contribution in [0.1, 0.15) is 19.8 Å². The van der Waals surface area contributed by atoms with Crippen molar-refractivity contribution in [1.29, 1.82) is 0 Å². The lowest BCUT2D eigenvalue weighted by Gasteiger charge is -1.77. The Morgan fingerprint density at radius 1 is 1.71 bits per heavy atom. The van der Waals surface area contributed by atoms with Crippen LogP contribution in [-0.4, -0.2) is 12.4 Å². The summed E-state index contributed by atoms with van der Waals surface area (Å²) in [6, 6.07) is 0. The molecule has 0 aliphatic rings. The molecule has 0 saturated heterocycles. The second kappa shape index (κ2) is 5.45. The van der Waals surface area contributed by atoms with Crippen molar-refractivity contribution in [1.82, 2.24) is 0 Å². The molecule has 1 heteroatoms. The summed E-state index contributed by atoms with van der Waals surface area (Å²) < 4.78 is 0. The van der Waals surface area contributed by atoms with Crippen molar-refractivity contribution in [3.63, 3.8) is 0 Å². The molecule has 0 rings (SSSR count). The smallest absolute Gasteiger partial charge is 0.157 e. The van der Waals surface area contributed by atoms with Crippen LogP contribution in [0.3, 0.4) is 0 Å². The lowest BCUT2D eigenvalue weighted by molar-refractivity contribution is -0.449. The van der Waals surface area contributed by atoms with Gasteiger partial charge in [-0.3, -0.25) is 0 Å². The van der Waals surface area contributed by atoms with E-state index in [9.17, 15) is 0 Å². The molecule has 0 bridgehead atoms. The Balaban J connectivity index is 2.83. The number of unbranched alkanes of at least 4 members (excludes halogenated alkanes) is 1. The molecular formula is C6H12N+. The van der Waals surface area contributed by atoms with Gasteiger partial charge in [-0.25, -0.2) is 4.99 Å². The summed E-state index contributed by atoms with van der Waals surface area (Å²) in [6.07, 6.45) is 2.44. The molecule has 0 atom stereocenters. The van der Waals surface area contributed by atoms with Crippen molar-refractivity contribution < 1.29 is 4.99 Å². The Morgan fingerprint density at radius 2 is 2.43 bits per heavy atom. The Kier molecular flexibility index (Phi) is 5.02. The van der Waals surface area contributed by atoms with Crippen LogP contribution in [0.25, 0.3) is 0 Å². The Bertz CT molecular complexity index is 70.2.